The number of thioether (sulfide) groups is 1. The van der Waals surface area contributed by atoms with Gasteiger partial charge in [-0.15, -0.1) is 11.3 Å². The molecule has 0 saturated heterocycles. The van der Waals surface area contributed by atoms with Crippen molar-refractivity contribution in [3.05, 3.63) is 20.8 Å². The molecule has 0 radical (unpaired) electrons. The van der Waals surface area contributed by atoms with Gasteiger partial charge in [-0.1, -0.05) is 25.6 Å². The first-order valence-corrected chi connectivity index (χ1v) is 10.1. The fourth-order valence-corrected chi connectivity index (χ4v) is 4.68. The highest BCUT2D eigenvalue weighted by atomic mass is 32.2. The Morgan fingerprint density at radius 3 is 2.64 bits per heavy atom. The molecule has 2 heterocycles. The summed E-state index contributed by atoms with van der Waals surface area (Å²) in [5.74, 6) is 0.649. The van der Waals surface area contributed by atoms with Crippen LogP contribution in [0.3, 0.4) is 0 Å². The third kappa shape index (κ3) is 4.42. The molecular weight excluding hydrogens is 352 g/mol. The third-order valence-corrected chi connectivity index (χ3v) is 6.24. The minimum atomic E-state index is -0.212. The molecule has 0 aliphatic heterocycles. The molecule has 0 aliphatic carbocycles. The average molecular weight is 375 g/mol. The normalized spacial score (nSPS) is 12.3. The molecule has 132 valence electrons. The summed E-state index contributed by atoms with van der Waals surface area (Å²) in [7, 11) is 0. The standard InChI is InChI=1S/C18H22N4OS2/c1-11(2)9-22-17(23)15-12(3)13(4)25-16(15)21-18(22)24-10-14(8-20)6-5-7-19/h11,14H,5-6,9-10H2,1-4H3/t14-/m0/s1. The maximum Gasteiger partial charge on any atom is 0.263 e. The molecule has 0 bridgehead atoms. The summed E-state index contributed by atoms with van der Waals surface area (Å²) in [4.78, 5) is 19.6. The quantitative estimate of drug-likeness (QED) is 0.534. The van der Waals surface area contributed by atoms with Crippen LogP contribution >= 0.6 is 23.1 Å². The molecule has 0 aliphatic rings. The third-order valence-electron chi connectivity index (χ3n) is 4.00. The minimum Gasteiger partial charge on any atom is -0.287 e. The van der Waals surface area contributed by atoms with Gasteiger partial charge in [-0.25, -0.2) is 4.98 Å². The second-order valence-electron chi connectivity index (χ2n) is 6.50. The fraction of sp³-hybridized carbons (Fsp3) is 0.556. The van der Waals surface area contributed by atoms with E-state index in [2.05, 4.69) is 26.0 Å². The molecule has 25 heavy (non-hydrogen) atoms. The van der Waals surface area contributed by atoms with E-state index in [1.54, 1.807) is 15.9 Å². The van der Waals surface area contributed by atoms with E-state index >= 15 is 0 Å². The number of nitriles is 2. The number of hydrogen-bond donors (Lipinski definition) is 0. The van der Waals surface area contributed by atoms with Gasteiger partial charge in [0.2, 0.25) is 0 Å². The number of thiophene rings is 1. The summed E-state index contributed by atoms with van der Waals surface area (Å²) >= 11 is 2.99. The summed E-state index contributed by atoms with van der Waals surface area (Å²) in [6, 6.07) is 4.33. The van der Waals surface area contributed by atoms with Gasteiger partial charge in [0.1, 0.15) is 4.83 Å². The van der Waals surface area contributed by atoms with Gasteiger partial charge in [0.15, 0.2) is 5.16 Å². The number of aromatic nitrogens is 2. The molecule has 0 N–H and O–H groups in total. The predicted molar refractivity (Wildman–Crippen MR) is 103 cm³/mol. The Hall–Kier alpha value is -1.83. The molecule has 5 nitrogen and oxygen atoms in total. The van der Waals surface area contributed by atoms with Crippen LogP contribution in [0.15, 0.2) is 9.95 Å². The van der Waals surface area contributed by atoms with Gasteiger partial charge in [-0.3, -0.25) is 9.36 Å². The van der Waals surface area contributed by atoms with Crippen LogP contribution in [0.5, 0.6) is 0 Å². The van der Waals surface area contributed by atoms with E-state index in [0.717, 1.165) is 15.3 Å². The van der Waals surface area contributed by atoms with Crippen LogP contribution in [0.2, 0.25) is 0 Å². The highest BCUT2D eigenvalue weighted by molar-refractivity contribution is 7.99. The summed E-state index contributed by atoms with van der Waals surface area (Å²) in [6.45, 7) is 8.73. The number of fused-ring (bicyclic) bond motifs is 1. The highest BCUT2D eigenvalue weighted by Gasteiger charge is 2.18. The molecule has 0 aromatic carbocycles. The van der Waals surface area contributed by atoms with Gasteiger partial charge in [0, 0.05) is 23.6 Å². The molecule has 0 fully saturated rings. The molecular formula is C18H22N4OS2. The first kappa shape index (κ1) is 19.5. The van der Waals surface area contributed by atoms with Crippen molar-refractivity contribution < 1.29 is 0 Å². The SMILES string of the molecule is Cc1sc2nc(SC[C@H](C#N)CCC#N)n(CC(C)C)c(=O)c2c1C. The Labute approximate surface area is 156 Å². The summed E-state index contributed by atoms with van der Waals surface area (Å²) < 4.78 is 1.75. The molecule has 2 aromatic rings. The van der Waals surface area contributed by atoms with Crippen molar-refractivity contribution in [2.75, 3.05) is 5.75 Å². The van der Waals surface area contributed by atoms with Crippen LogP contribution in [-0.4, -0.2) is 15.3 Å². The zero-order valence-electron chi connectivity index (χ0n) is 15.0. The first-order chi connectivity index (χ1) is 11.9. The molecule has 0 amide bonds. The van der Waals surface area contributed by atoms with Crippen molar-refractivity contribution in [2.24, 2.45) is 11.8 Å². The first-order valence-electron chi connectivity index (χ1n) is 8.28. The van der Waals surface area contributed by atoms with E-state index < -0.39 is 0 Å². The predicted octanol–water partition coefficient (Wildman–Crippen LogP) is 4.27. The summed E-state index contributed by atoms with van der Waals surface area (Å²) in [5.41, 5.74) is 1.02. The molecule has 0 unspecified atom stereocenters. The molecule has 0 saturated carbocycles. The van der Waals surface area contributed by atoms with Crippen LogP contribution in [0.1, 0.15) is 37.1 Å². The van der Waals surface area contributed by atoms with Gasteiger partial charge in [-0.05, 0) is 31.7 Å². The second kappa shape index (κ2) is 8.51. The zero-order chi connectivity index (χ0) is 18.6. The molecule has 2 aromatic heterocycles. The van der Waals surface area contributed by atoms with Crippen molar-refractivity contribution in [2.45, 2.75) is 52.2 Å². The number of rotatable bonds is 7. The highest BCUT2D eigenvalue weighted by Crippen LogP contribution is 2.29. The number of hydrogen-bond acceptors (Lipinski definition) is 6. The van der Waals surface area contributed by atoms with Crippen LogP contribution < -0.4 is 5.56 Å². The van der Waals surface area contributed by atoms with E-state index in [0.29, 0.717) is 41.6 Å². The van der Waals surface area contributed by atoms with Gasteiger partial charge in [0.05, 0.1) is 23.4 Å². The number of aryl methyl sites for hydroxylation is 2. The monoisotopic (exact) mass is 374 g/mol. The summed E-state index contributed by atoms with van der Waals surface area (Å²) in [6.07, 6.45) is 0.918. The Morgan fingerprint density at radius 1 is 1.32 bits per heavy atom. The lowest BCUT2D eigenvalue weighted by atomic mass is 10.1. The Bertz CT molecular complexity index is 899. The summed E-state index contributed by atoms with van der Waals surface area (Å²) in [5, 5.41) is 19.3. The van der Waals surface area contributed by atoms with Crippen molar-refractivity contribution in [1.82, 2.24) is 9.55 Å². The molecule has 2 rings (SSSR count). The minimum absolute atomic E-state index is 0.00795. The van der Waals surface area contributed by atoms with Gasteiger partial charge < -0.3 is 0 Å². The molecule has 0 spiro atoms. The Balaban J connectivity index is 2.42. The Morgan fingerprint density at radius 2 is 2.04 bits per heavy atom. The van der Waals surface area contributed by atoms with Crippen LogP contribution in [0.4, 0.5) is 0 Å². The van der Waals surface area contributed by atoms with Crippen molar-refractivity contribution in [1.29, 1.82) is 10.5 Å². The van der Waals surface area contributed by atoms with Crippen LogP contribution in [0.25, 0.3) is 10.2 Å². The zero-order valence-corrected chi connectivity index (χ0v) is 16.6. The van der Waals surface area contributed by atoms with Crippen molar-refractivity contribution >= 4 is 33.3 Å². The topological polar surface area (TPSA) is 82.5 Å². The Kier molecular flexibility index (Phi) is 6.64. The molecule has 7 heteroatoms. The smallest absolute Gasteiger partial charge is 0.263 e. The van der Waals surface area contributed by atoms with E-state index in [1.165, 1.54) is 11.8 Å². The van der Waals surface area contributed by atoms with Gasteiger partial charge >= 0.3 is 0 Å². The fourth-order valence-electron chi connectivity index (χ4n) is 2.54. The maximum atomic E-state index is 13.0. The lowest BCUT2D eigenvalue weighted by Crippen LogP contribution is -2.25. The van der Waals surface area contributed by atoms with Gasteiger partial charge in [-0.2, -0.15) is 10.5 Å². The van der Waals surface area contributed by atoms with E-state index in [4.69, 9.17) is 10.2 Å². The van der Waals surface area contributed by atoms with E-state index in [-0.39, 0.29) is 11.5 Å². The van der Waals surface area contributed by atoms with Crippen LogP contribution in [-0.2, 0) is 6.54 Å². The number of nitrogens with zero attached hydrogens (tertiary/aromatic N) is 4. The van der Waals surface area contributed by atoms with E-state index in [1.807, 2.05) is 13.8 Å². The largest absolute Gasteiger partial charge is 0.287 e. The average Bonchev–Trinajstić information content (AvgIpc) is 2.85. The van der Waals surface area contributed by atoms with Crippen LogP contribution in [0, 0.1) is 48.3 Å². The van der Waals surface area contributed by atoms with Gasteiger partial charge in [0.25, 0.3) is 5.56 Å². The maximum absolute atomic E-state index is 13.0. The molecule has 1 atom stereocenters. The van der Waals surface area contributed by atoms with E-state index in [9.17, 15) is 10.1 Å². The van der Waals surface area contributed by atoms with Crippen molar-refractivity contribution in [3.8, 4) is 12.1 Å². The second-order valence-corrected chi connectivity index (χ2v) is 8.69. The van der Waals surface area contributed by atoms with Crippen molar-refractivity contribution in [3.63, 3.8) is 0 Å². The lowest BCUT2D eigenvalue weighted by molar-refractivity contribution is 0.475. The lowest BCUT2D eigenvalue weighted by Gasteiger charge is -2.15.